The molecule has 0 spiro atoms. The van der Waals surface area contributed by atoms with Gasteiger partial charge in [0.05, 0.1) is 17.6 Å². The number of ether oxygens (including phenoxy) is 2. The number of hydrogen-bond acceptors (Lipinski definition) is 8. The van der Waals surface area contributed by atoms with E-state index in [9.17, 15) is 25.0 Å². The lowest BCUT2D eigenvalue weighted by Gasteiger charge is -2.09. The van der Waals surface area contributed by atoms with Crippen molar-refractivity contribution in [1.29, 1.82) is 5.26 Å². The molecule has 144 valence electrons. The van der Waals surface area contributed by atoms with Gasteiger partial charge in [-0.15, -0.1) is 11.3 Å². The quantitative estimate of drug-likeness (QED) is 0.447. The Morgan fingerprint density at radius 3 is 2.86 bits per heavy atom. The van der Waals surface area contributed by atoms with Gasteiger partial charge in [-0.25, -0.2) is 4.79 Å². The molecule has 0 aliphatic heterocycles. The van der Waals surface area contributed by atoms with Crippen LogP contribution in [0.15, 0.2) is 18.2 Å². The van der Waals surface area contributed by atoms with E-state index in [1.165, 1.54) is 30.6 Å². The van der Waals surface area contributed by atoms with E-state index in [2.05, 4.69) is 11.4 Å². The minimum atomic E-state index is -0.926. The van der Waals surface area contributed by atoms with E-state index in [1.807, 2.05) is 0 Å². The largest absolute Gasteiger partial charge is 0.496 e. The number of methoxy groups -OCH3 is 1. The van der Waals surface area contributed by atoms with Crippen LogP contribution in [0.2, 0.25) is 0 Å². The smallest absolute Gasteiger partial charge is 0.342 e. The summed E-state index contributed by atoms with van der Waals surface area (Å²) in [6.07, 6.45) is 2.69. The van der Waals surface area contributed by atoms with Crippen LogP contribution in [0.25, 0.3) is 0 Å². The van der Waals surface area contributed by atoms with E-state index < -0.39 is 23.4 Å². The molecule has 28 heavy (non-hydrogen) atoms. The fraction of sp³-hybridized carbons (Fsp3) is 0.278. The number of amides is 1. The number of nitrogens with one attached hydrogen (secondary N) is 1. The molecule has 0 fully saturated rings. The molecule has 0 bridgehead atoms. The number of rotatable bonds is 6. The van der Waals surface area contributed by atoms with Crippen molar-refractivity contribution in [3.8, 4) is 11.8 Å². The van der Waals surface area contributed by atoms with E-state index in [0.717, 1.165) is 35.8 Å². The Labute approximate surface area is 163 Å². The van der Waals surface area contributed by atoms with Crippen molar-refractivity contribution in [1.82, 2.24) is 0 Å². The zero-order chi connectivity index (χ0) is 20.3. The highest BCUT2D eigenvalue weighted by Gasteiger charge is 2.24. The first-order chi connectivity index (χ1) is 13.4. The minimum Gasteiger partial charge on any atom is -0.496 e. The lowest BCUT2D eigenvalue weighted by molar-refractivity contribution is -0.384. The second-order valence-corrected chi connectivity index (χ2v) is 7.04. The van der Waals surface area contributed by atoms with Crippen LogP contribution in [-0.2, 0) is 22.4 Å². The number of nitro groups is 1. The van der Waals surface area contributed by atoms with Gasteiger partial charge in [-0.05, 0) is 30.9 Å². The zero-order valence-electron chi connectivity index (χ0n) is 14.8. The van der Waals surface area contributed by atoms with Crippen LogP contribution in [0, 0.1) is 21.4 Å². The van der Waals surface area contributed by atoms with E-state index >= 15 is 0 Å². The molecule has 0 saturated carbocycles. The molecule has 1 aromatic carbocycles. The summed E-state index contributed by atoms with van der Waals surface area (Å²) in [6, 6.07) is 5.61. The number of nitro benzene ring substituents is 1. The number of esters is 1. The van der Waals surface area contributed by atoms with Crippen molar-refractivity contribution in [2.45, 2.75) is 19.3 Å². The summed E-state index contributed by atoms with van der Waals surface area (Å²) in [5, 5.41) is 23.3. The van der Waals surface area contributed by atoms with Crippen LogP contribution in [0.1, 0.15) is 32.8 Å². The fourth-order valence-electron chi connectivity index (χ4n) is 2.95. The summed E-state index contributed by atoms with van der Waals surface area (Å²) in [5.74, 6) is -1.43. The van der Waals surface area contributed by atoms with Gasteiger partial charge in [0.15, 0.2) is 6.61 Å². The number of carbonyl (C=O) groups is 2. The zero-order valence-corrected chi connectivity index (χ0v) is 15.6. The third-order valence-electron chi connectivity index (χ3n) is 4.23. The number of thiophene rings is 1. The van der Waals surface area contributed by atoms with Gasteiger partial charge in [-0.1, -0.05) is 0 Å². The molecule has 2 aromatic rings. The van der Waals surface area contributed by atoms with Gasteiger partial charge < -0.3 is 14.8 Å². The molecule has 0 atom stereocenters. The SMILES string of the molecule is COc1ccc([N+](=O)[O-])cc1C(=O)OCC(=O)Nc1sc2c(c1C#N)CCC2. The van der Waals surface area contributed by atoms with Crippen molar-refractivity contribution in [3.63, 3.8) is 0 Å². The molecule has 1 aliphatic rings. The third-order valence-corrected chi connectivity index (χ3v) is 5.44. The summed E-state index contributed by atoms with van der Waals surface area (Å²) in [4.78, 5) is 35.7. The van der Waals surface area contributed by atoms with Gasteiger partial charge in [0.1, 0.15) is 22.4 Å². The van der Waals surface area contributed by atoms with E-state index in [4.69, 9.17) is 9.47 Å². The Hall–Kier alpha value is -3.45. The number of carbonyl (C=O) groups excluding carboxylic acids is 2. The Kier molecular flexibility index (Phi) is 5.56. The Balaban J connectivity index is 1.67. The first kappa shape index (κ1) is 19.3. The van der Waals surface area contributed by atoms with Crippen LogP contribution in [0.4, 0.5) is 10.7 Å². The van der Waals surface area contributed by atoms with Crippen LogP contribution >= 0.6 is 11.3 Å². The van der Waals surface area contributed by atoms with E-state index in [-0.39, 0.29) is 17.0 Å². The average molecular weight is 401 g/mol. The molecule has 0 radical (unpaired) electrons. The molecule has 9 nitrogen and oxygen atoms in total. The fourth-order valence-corrected chi connectivity index (χ4v) is 4.21. The van der Waals surface area contributed by atoms with Crippen LogP contribution in [0.5, 0.6) is 5.75 Å². The highest BCUT2D eigenvalue weighted by molar-refractivity contribution is 7.16. The van der Waals surface area contributed by atoms with Crippen LogP contribution in [-0.4, -0.2) is 30.5 Å². The number of hydrogen-bond donors (Lipinski definition) is 1. The Morgan fingerprint density at radius 1 is 1.39 bits per heavy atom. The number of anilines is 1. The van der Waals surface area contributed by atoms with Crippen molar-refractivity contribution in [3.05, 3.63) is 49.9 Å². The van der Waals surface area contributed by atoms with Crippen LogP contribution in [0.3, 0.4) is 0 Å². The molecule has 1 aliphatic carbocycles. The molecular weight excluding hydrogens is 386 g/mol. The molecule has 1 amide bonds. The summed E-state index contributed by atoms with van der Waals surface area (Å²) >= 11 is 1.35. The lowest BCUT2D eigenvalue weighted by Crippen LogP contribution is -2.21. The second-order valence-electron chi connectivity index (χ2n) is 5.94. The van der Waals surface area contributed by atoms with E-state index in [0.29, 0.717) is 10.6 Å². The van der Waals surface area contributed by atoms with Crippen molar-refractivity contribution < 1.29 is 24.0 Å². The standard InChI is InChI=1S/C18H15N3O6S/c1-26-14-6-5-10(21(24)25)7-12(14)18(23)27-9-16(22)20-17-13(8-19)11-3-2-4-15(11)28-17/h5-7H,2-4,9H2,1H3,(H,20,22). The molecule has 1 N–H and O–H groups in total. The van der Waals surface area contributed by atoms with Gasteiger partial charge in [-0.2, -0.15) is 5.26 Å². The summed E-state index contributed by atoms with van der Waals surface area (Å²) in [7, 11) is 1.31. The first-order valence-corrected chi connectivity index (χ1v) is 9.10. The minimum absolute atomic E-state index is 0.0949. The summed E-state index contributed by atoms with van der Waals surface area (Å²) in [6.45, 7) is -0.599. The van der Waals surface area contributed by atoms with Gasteiger partial charge in [-0.3, -0.25) is 14.9 Å². The molecular formula is C18H15N3O6S. The topological polar surface area (TPSA) is 132 Å². The maximum Gasteiger partial charge on any atom is 0.342 e. The number of benzene rings is 1. The maximum absolute atomic E-state index is 12.2. The van der Waals surface area contributed by atoms with Gasteiger partial charge in [0.2, 0.25) is 0 Å². The van der Waals surface area contributed by atoms with Crippen molar-refractivity contribution in [2.24, 2.45) is 0 Å². The van der Waals surface area contributed by atoms with Gasteiger partial charge in [0.25, 0.3) is 11.6 Å². The number of aryl methyl sites for hydroxylation is 1. The number of nitrogens with zero attached hydrogens (tertiary/aromatic N) is 2. The van der Waals surface area contributed by atoms with Crippen molar-refractivity contribution in [2.75, 3.05) is 19.0 Å². The molecule has 3 rings (SSSR count). The second kappa shape index (κ2) is 8.06. The Bertz CT molecular complexity index is 1010. The first-order valence-electron chi connectivity index (χ1n) is 8.28. The number of non-ortho nitro benzene ring substituents is 1. The molecule has 0 unspecified atom stereocenters. The number of fused-ring (bicyclic) bond motifs is 1. The Morgan fingerprint density at radius 2 is 2.18 bits per heavy atom. The van der Waals surface area contributed by atoms with E-state index in [1.54, 1.807) is 0 Å². The van der Waals surface area contributed by atoms with Gasteiger partial charge in [0, 0.05) is 17.0 Å². The lowest BCUT2D eigenvalue weighted by atomic mass is 10.1. The summed E-state index contributed by atoms with van der Waals surface area (Å²) in [5.41, 5.74) is 0.972. The monoisotopic (exact) mass is 401 g/mol. The van der Waals surface area contributed by atoms with Gasteiger partial charge >= 0.3 is 5.97 Å². The molecule has 0 saturated heterocycles. The number of nitriles is 1. The highest BCUT2D eigenvalue weighted by atomic mass is 32.1. The average Bonchev–Trinajstić information content (AvgIpc) is 3.26. The molecule has 10 heteroatoms. The predicted molar refractivity (Wildman–Crippen MR) is 99.6 cm³/mol. The third kappa shape index (κ3) is 3.79. The molecule has 1 heterocycles. The molecule has 1 aromatic heterocycles. The summed E-state index contributed by atoms with van der Waals surface area (Å²) < 4.78 is 9.97. The predicted octanol–water partition coefficient (Wildman–Crippen LogP) is 2.82. The van der Waals surface area contributed by atoms with Crippen LogP contribution < -0.4 is 10.1 Å². The highest BCUT2D eigenvalue weighted by Crippen LogP contribution is 2.38. The maximum atomic E-state index is 12.2. The normalized spacial score (nSPS) is 12.0. The van der Waals surface area contributed by atoms with Crippen molar-refractivity contribution >= 4 is 33.9 Å².